The molecule has 1 aliphatic rings. The van der Waals surface area contributed by atoms with Crippen LogP contribution in [0.15, 0.2) is 0 Å². The first kappa shape index (κ1) is 16.3. The second-order valence-corrected chi connectivity index (χ2v) is 4.44. The number of likely N-dealkylation sites (tertiary alicyclic amines) is 1. The molecule has 1 fully saturated rings. The van der Waals surface area contributed by atoms with Gasteiger partial charge < -0.3 is 10.6 Å². The van der Waals surface area contributed by atoms with Gasteiger partial charge in [0.2, 0.25) is 11.8 Å². The van der Waals surface area contributed by atoms with Crippen LogP contribution in [0.4, 0.5) is 13.2 Å². The molecule has 1 atom stereocenters. The Morgan fingerprint density at radius 3 is 2.65 bits per heavy atom. The van der Waals surface area contributed by atoms with Crippen molar-refractivity contribution in [3.05, 3.63) is 0 Å². The number of carbonyl (C=O) groups excluding carboxylic acids is 2. The zero-order valence-corrected chi connectivity index (χ0v) is 10.8. The normalized spacial score (nSPS) is 19.4. The molecule has 20 heavy (non-hydrogen) atoms. The number of nitrogens with one attached hydrogen (secondary N) is 2. The van der Waals surface area contributed by atoms with Gasteiger partial charge in [-0.3, -0.25) is 14.5 Å². The maximum atomic E-state index is 12.0. The standard InChI is InChI=1S/C12H16F3N3O2/c1-2-5-16-10(19)7-18-6-3-4-9(18)11(20)17-8-12(13,14)15/h1,9H,3-8H2,(H,16,19)(H,17,20)/t9-/m1/s1. The van der Waals surface area contributed by atoms with Crippen molar-refractivity contribution in [2.45, 2.75) is 25.1 Å². The van der Waals surface area contributed by atoms with Crippen molar-refractivity contribution in [3.8, 4) is 12.3 Å². The van der Waals surface area contributed by atoms with E-state index in [4.69, 9.17) is 6.42 Å². The maximum absolute atomic E-state index is 12.0. The summed E-state index contributed by atoms with van der Waals surface area (Å²) in [6, 6.07) is -0.700. The average molecular weight is 291 g/mol. The number of terminal acetylenes is 1. The summed E-state index contributed by atoms with van der Waals surface area (Å²) >= 11 is 0. The van der Waals surface area contributed by atoms with E-state index in [9.17, 15) is 22.8 Å². The molecule has 0 aliphatic carbocycles. The van der Waals surface area contributed by atoms with Gasteiger partial charge in [0.05, 0.1) is 19.1 Å². The second kappa shape index (κ2) is 7.14. The zero-order valence-electron chi connectivity index (χ0n) is 10.8. The Balaban J connectivity index is 2.46. The van der Waals surface area contributed by atoms with Gasteiger partial charge in [0.15, 0.2) is 0 Å². The molecular formula is C12H16F3N3O2. The molecule has 0 saturated carbocycles. The van der Waals surface area contributed by atoms with Crippen molar-refractivity contribution in [2.24, 2.45) is 0 Å². The first-order chi connectivity index (χ1) is 9.33. The van der Waals surface area contributed by atoms with Gasteiger partial charge in [0.25, 0.3) is 0 Å². The highest BCUT2D eigenvalue weighted by Gasteiger charge is 2.34. The lowest BCUT2D eigenvalue weighted by molar-refractivity contribution is -0.141. The fraction of sp³-hybridized carbons (Fsp3) is 0.667. The van der Waals surface area contributed by atoms with Crippen LogP contribution in [0.25, 0.3) is 0 Å². The Hall–Kier alpha value is -1.75. The van der Waals surface area contributed by atoms with Gasteiger partial charge >= 0.3 is 6.18 Å². The molecule has 0 aromatic carbocycles. The molecule has 2 amide bonds. The van der Waals surface area contributed by atoms with Crippen LogP contribution in [0.1, 0.15) is 12.8 Å². The van der Waals surface area contributed by atoms with Crippen LogP contribution >= 0.6 is 0 Å². The molecule has 1 saturated heterocycles. The minimum Gasteiger partial charge on any atom is -0.346 e. The molecule has 0 bridgehead atoms. The fourth-order valence-electron chi connectivity index (χ4n) is 2.01. The van der Waals surface area contributed by atoms with Crippen LogP contribution in [-0.4, -0.2) is 55.1 Å². The third kappa shape index (κ3) is 5.48. The van der Waals surface area contributed by atoms with Crippen LogP contribution in [0.2, 0.25) is 0 Å². The third-order valence-electron chi connectivity index (χ3n) is 2.86. The molecule has 5 nitrogen and oxygen atoms in total. The summed E-state index contributed by atoms with van der Waals surface area (Å²) < 4.78 is 36.1. The lowest BCUT2D eigenvalue weighted by atomic mass is 10.2. The van der Waals surface area contributed by atoms with E-state index in [1.165, 1.54) is 0 Å². The number of nitrogens with zero attached hydrogens (tertiary/aromatic N) is 1. The van der Waals surface area contributed by atoms with E-state index in [0.29, 0.717) is 19.4 Å². The molecule has 2 N–H and O–H groups in total. The quantitative estimate of drug-likeness (QED) is 0.694. The van der Waals surface area contributed by atoms with Gasteiger partial charge in [0, 0.05) is 0 Å². The smallest absolute Gasteiger partial charge is 0.346 e. The van der Waals surface area contributed by atoms with Crippen molar-refractivity contribution >= 4 is 11.8 Å². The predicted octanol–water partition coefficient (Wildman–Crippen LogP) is -0.121. The first-order valence-electron chi connectivity index (χ1n) is 6.12. The average Bonchev–Trinajstić information content (AvgIpc) is 2.80. The van der Waals surface area contributed by atoms with Gasteiger partial charge in [-0.05, 0) is 19.4 Å². The summed E-state index contributed by atoms with van der Waals surface area (Å²) in [5, 5.41) is 4.29. The van der Waals surface area contributed by atoms with Crippen molar-refractivity contribution in [2.75, 3.05) is 26.2 Å². The molecule has 112 valence electrons. The Morgan fingerprint density at radius 1 is 1.35 bits per heavy atom. The largest absolute Gasteiger partial charge is 0.405 e. The topological polar surface area (TPSA) is 61.4 Å². The van der Waals surface area contributed by atoms with Crippen LogP contribution in [0.3, 0.4) is 0 Å². The summed E-state index contributed by atoms with van der Waals surface area (Å²) in [6.45, 7) is -0.837. The van der Waals surface area contributed by atoms with E-state index in [0.717, 1.165) is 0 Å². The van der Waals surface area contributed by atoms with Crippen molar-refractivity contribution in [1.29, 1.82) is 0 Å². The zero-order chi connectivity index (χ0) is 15.2. The maximum Gasteiger partial charge on any atom is 0.405 e. The van der Waals surface area contributed by atoms with E-state index in [1.807, 2.05) is 5.32 Å². The molecule has 0 radical (unpaired) electrons. The van der Waals surface area contributed by atoms with E-state index >= 15 is 0 Å². The number of alkyl halides is 3. The number of rotatable bonds is 5. The van der Waals surface area contributed by atoms with E-state index in [2.05, 4.69) is 11.2 Å². The van der Waals surface area contributed by atoms with Crippen LogP contribution in [0.5, 0.6) is 0 Å². The molecule has 0 aromatic rings. The first-order valence-corrected chi connectivity index (χ1v) is 6.12. The molecular weight excluding hydrogens is 275 g/mol. The second-order valence-electron chi connectivity index (χ2n) is 4.44. The lowest BCUT2D eigenvalue weighted by Crippen LogP contribution is -2.48. The van der Waals surface area contributed by atoms with Crippen LogP contribution in [-0.2, 0) is 9.59 Å². The van der Waals surface area contributed by atoms with E-state index in [-0.39, 0.29) is 19.0 Å². The number of hydrogen-bond donors (Lipinski definition) is 2. The van der Waals surface area contributed by atoms with Crippen molar-refractivity contribution in [1.82, 2.24) is 15.5 Å². The summed E-state index contributed by atoms with van der Waals surface area (Å²) in [5.41, 5.74) is 0. The Labute approximate surface area is 114 Å². The van der Waals surface area contributed by atoms with Gasteiger partial charge in [0.1, 0.15) is 6.54 Å². The van der Waals surface area contributed by atoms with Gasteiger partial charge in [-0.25, -0.2) is 0 Å². The molecule has 0 aromatic heterocycles. The Bertz CT molecular complexity index is 404. The van der Waals surface area contributed by atoms with Crippen molar-refractivity contribution < 1.29 is 22.8 Å². The highest BCUT2D eigenvalue weighted by atomic mass is 19.4. The number of halogens is 3. The van der Waals surface area contributed by atoms with E-state index < -0.39 is 24.7 Å². The Morgan fingerprint density at radius 2 is 2.05 bits per heavy atom. The van der Waals surface area contributed by atoms with Gasteiger partial charge in [-0.1, -0.05) is 5.92 Å². The highest BCUT2D eigenvalue weighted by Crippen LogP contribution is 2.18. The molecule has 0 spiro atoms. The molecule has 1 aliphatic heterocycles. The SMILES string of the molecule is C#CCNC(=O)CN1CCC[C@@H]1C(=O)NCC(F)(F)F. The van der Waals surface area contributed by atoms with Crippen LogP contribution in [0, 0.1) is 12.3 Å². The third-order valence-corrected chi connectivity index (χ3v) is 2.86. The number of hydrogen-bond acceptors (Lipinski definition) is 3. The summed E-state index contributed by atoms with van der Waals surface area (Å²) in [7, 11) is 0. The summed E-state index contributed by atoms with van der Waals surface area (Å²) in [4.78, 5) is 24.7. The van der Waals surface area contributed by atoms with Gasteiger partial charge in [-0.2, -0.15) is 13.2 Å². The molecule has 0 unspecified atom stereocenters. The highest BCUT2D eigenvalue weighted by molar-refractivity contribution is 5.84. The minimum atomic E-state index is -4.44. The Kier molecular flexibility index (Phi) is 5.82. The summed E-state index contributed by atoms with van der Waals surface area (Å²) in [5.74, 6) is 1.19. The molecule has 1 rings (SSSR count). The lowest BCUT2D eigenvalue weighted by Gasteiger charge is -2.23. The van der Waals surface area contributed by atoms with Crippen LogP contribution < -0.4 is 10.6 Å². The fourth-order valence-corrected chi connectivity index (χ4v) is 2.01. The summed E-state index contributed by atoms with van der Waals surface area (Å²) in [6.07, 6.45) is 1.65. The number of amides is 2. The predicted molar refractivity (Wildman–Crippen MR) is 65.5 cm³/mol. The van der Waals surface area contributed by atoms with Crippen molar-refractivity contribution in [3.63, 3.8) is 0 Å². The number of carbonyl (C=O) groups is 2. The molecule has 8 heteroatoms. The van der Waals surface area contributed by atoms with E-state index in [1.54, 1.807) is 4.90 Å². The minimum absolute atomic E-state index is 0.0498. The van der Waals surface area contributed by atoms with Gasteiger partial charge in [-0.15, -0.1) is 6.42 Å². The molecule has 1 heterocycles. The monoisotopic (exact) mass is 291 g/mol.